The largest absolute Gasteiger partial charge is 0.461 e. The van der Waals surface area contributed by atoms with Gasteiger partial charge in [-0.3, -0.25) is 4.79 Å². The van der Waals surface area contributed by atoms with E-state index < -0.39 is 0 Å². The fraction of sp³-hybridized carbons (Fsp3) is 0.158. The summed E-state index contributed by atoms with van der Waals surface area (Å²) < 4.78 is 7.33. The van der Waals surface area contributed by atoms with Crippen LogP contribution in [0.15, 0.2) is 60.8 Å². The highest BCUT2D eigenvalue weighted by Gasteiger charge is 2.06. The quantitative estimate of drug-likeness (QED) is 0.676. The molecule has 23 heavy (non-hydrogen) atoms. The van der Waals surface area contributed by atoms with Gasteiger partial charge >= 0.3 is 5.97 Å². The summed E-state index contributed by atoms with van der Waals surface area (Å²) >= 11 is 0. The number of aromatic nitrogens is 1. The molecule has 0 spiro atoms. The molecule has 1 heterocycles. The molecule has 3 aromatic rings. The summed E-state index contributed by atoms with van der Waals surface area (Å²) in [5.74, 6) is -0.229. The van der Waals surface area contributed by atoms with Crippen LogP contribution >= 0.6 is 0 Å². The van der Waals surface area contributed by atoms with E-state index in [0.29, 0.717) is 18.5 Å². The molecule has 0 radical (unpaired) electrons. The van der Waals surface area contributed by atoms with Crippen molar-refractivity contribution in [2.24, 2.45) is 0 Å². The number of aryl methyl sites for hydroxylation is 1. The predicted octanol–water partition coefficient (Wildman–Crippen LogP) is 3.65. The number of carbonyl (C=O) groups excluding carboxylic acids is 1. The molecular formula is C19H16N2O2. The number of carbonyl (C=O) groups is 1. The molecule has 1 aromatic heterocycles. The minimum absolute atomic E-state index is 0.229. The molecule has 0 bridgehead atoms. The van der Waals surface area contributed by atoms with Gasteiger partial charge in [0.25, 0.3) is 0 Å². The van der Waals surface area contributed by atoms with E-state index in [-0.39, 0.29) is 12.6 Å². The zero-order valence-corrected chi connectivity index (χ0v) is 12.6. The third kappa shape index (κ3) is 3.58. The van der Waals surface area contributed by atoms with Crippen LogP contribution in [-0.2, 0) is 22.7 Å². The molecule has 0 atom stereocenters. The van der Waals surface area contributed by atoms with Gasteiger partial charge < -0.3 is 9.30 Å². The number of fused-ring (bicyclic) bond motifs is 1. The number of ether oxygens (including phenoxy) is 1. The smallest absolute Gasteiger partial charge is 0.307 e. The molecule has 0 fully saturated rings. The fourth-order valence-corrected chi connectivity index (χ4v) is 2.46. The van der Waals surface area contributed by atoms with Crippen molar-refractivity contribution in [1.29, 1.82) is 5.26 Å². The highest BCUT2D eigenvalue weighted by molar-refractivity contribution is 5.80. The Morgan fingerprint density at radius 3 is 2.65 bits per heavy atom. The van der Waals surface area contributed by atoms with E-state index in [0.717, 1.165) is 11.1 Å². The first-order valence-corrected chi connectivity index (χ1v) is 7.45. The summed E-state index contributed by atoms with van der Waals surface area (Å²) in [5.41, 5.74) is 2.59. The molecule has 4 heteroatoms. The van der Waals surface area contributed by atoms with Gasteiger partial charge in [0.15, 0.2) is 0 Å². The third-order valence-electron chi connectivity index (χ3n) is 3.72. The normalized spacial score (nSPS) is 10.4. The van der Waals surface area contributed by atoms with Gasteiger partial charge in [-0.25, -0.2) is 0 Å². The summed E-state index contributed by atoms with van der Waals surface area (Å²) in [6.45, 7) is 0.830. The van der Waals surface area contributed by atoms with Gasteiger partial charge in [0.2, 0.25) is 0 Å². The summed E-state index contributed by atoms with van der Waals surface area (Å²) in [4.78, 5) is 11.9. The van der Waals surface area contributed by atoms with Crippen molar-refractivity contribution in [1.82, 2.24) is 4.57 Å². The molecule has 0 unspecified atom stereocenters. The zero-order valence-electron chi connectivity index (χ0n) is 12.6. The van der Waals surface area contributed by atoms with Crippen LogP contribution in [0.4, 0.5) is 0 Å². The van der Waals surface area contributed by atoms with Gasteiger partial charge in [0, 0.05) is 18.3 Å². The molecule has 0 amide bonds. The topological polar surface area (TPSA) is 55.0 Å². The fourth-order valence-electron chi connectivity index (χ4n) is 2.46. The maximum absolute atomic E-state index is 11.9. The molecule has 0 saturated carbocycles. The minimum Gasteiger partial charge on any atom is -0.461 e. The number of nitriles is 1. The first kappa shape index (κ1) is 14.9. The van der Waals surface area contributed by atoms with Crippen molar-refractivity contribution >= 4 is 16.9 Å². The molecular weight excluding hydrogens is 288 g/mol. The molecule has 0 aliphatic rings. The SMILES string of the molecule is N#Cc1ccc(COC(=O)CCn2ccc3ccccc32)cc1. The average Bonchev–Trinajstić information content (AvgIpc) is 3.02. The van der Waals surface area contributed by atoms with Gasteiger partial charge in [-0.05, 0) is 35.2 Å². The first-order chi connectivity index (χ1) is 11.3. The van der Waals surface area contributed by atoms with Crippen LogP contribution < -0.4 is 0 Å². The van der Waals surface area contributed by atoms with Crippen molar-refractivity contribution in [3.8, 4) is 6.07 Å². The number of nitrogens with zero attached hydrogens (tertiary/aromatic N) is 2. The molecule has 0 N–H and O–H groups in total. The number of hydrogen-bond acceptors (Lipinski definition) is 3. The van der Waals surface area contributed by atoms with Gasteiger partial charge in [0.05, 0.1) is 18.1 Å². The Balaban J connectivity index is 1.52. The lowest BCUT2D eigenvalue weighted by atomic mass is 10.2. The molecule has 0 aliphatic heterocycles. The maximum Gasteiger partial charge on any atom is 0.307 e. The number of esters is 1. The molecule has 114 valence electrons. The lowest BCUT2D eigenvalue weighted by Crippen LogP contribution is -2.08. The van der Waals surface area contributed by atoms with Crippen LogP contribution in [0.25, 0.3) is 10.9 Å². The van der Waals surface area contributed by atoms with Crippen LogP contribution in [-0.4, -0.2) is 10.5 Å². The van der Waals surface area contributed by atoms with E-state index in [1.54, 1.807) is 24.3 Å². The molecule has 0 aliphatic carbocycles. The van der Waals surface area contributed by atoms with Crippen LogP contribution in [0.5, 0.6) is 0 Å². The van der Waals surface area contributed by atoms with Crippen LogP contribution in [0, 0.1) is 11.3 Å². The minimum atomic E-state index is -0.229. The Morgan fingerprint density at radius 2 is 1.87 bits per heavy atom. The molecule has 3 rings (SSSR count). The van der Waals surface area contributed by atoms with E-state index in [9.17, 15) is 4.79 Å². The van der Waals surface area contributed by atoms with E-state index in [1.807, 2.05) is 30.5 Å². The first-order valence-electron chi connectivity index (χ1n) is 7.45. The van der Waals surface area contributed by atoms with Crippen molar-refractivity contribution in [2.45, 2.75) is 19.6 Å². The summed E-state index contributed by atoms with van der Waals surface area (Å²) in [7, 11) is 0. The van der Waals surface area contributed by atoms with Gasteiger partial charge in [-0.15, -0.1) is 0 Å². The Labute approximate surface area is 134 Å². The third-order valence-corrected chi connectivity index (χ3v) is 3.72. The second kappa shape index (κ2) is 6.80. The Bertz CT molecular complexity index is 857. The summed E-state index contributed by atoms with van der Waals surface area (Å²) in [6, 6.07) is 19.2. The van der Waals surface area contributed by atoms with Crippen LogP contribution in [0.2, 0.25) is 0 Å². The lowest BCUT2D eigenvalue weighted by Gasteiger charge is -2.07. The standard InChI is InChI=1S/C19H16N2O2/c20-13-15-5-7-16(8-6-15)14-23-19(22)10-12-21-11-9-17-3-1-2-4-18(17)21/h1-9,11H,10,12,14H2. The molecule has 2 aromatic carbocycles. The zero-order chi connectivity index (χ0) is 16.1. The molecule has 0 saturated heterocycles. The van der Waals surface area contributed by atoms with Gasteiger partial charge in [-0.1, -0.05) is 30.3 Å². The van der Waals surface area contributed by atoms with Gasteiger partial charge in [0.1, 0.15) is 6.61 Å². The lowest BCUT2D eigenvalue weighted by molar-refractivity contribution is -0.145. The second-order valence-corrected chi connectivity index (χ2v) is 5.29. The van der Waals surface area contributed by atoms with Crippen molar-refractivity contribution in [3.63, 3.8) is 0 Å². The van der Waals surface area contributed by atoms with Crippen molar-refractivity contribution < 1.29 is 9.53 Å². The predicted molar refractivity (Wildman–Crippen MR) is 87.5 cm³/mol. The number of rotatable bonds is 5. The summed E-state index contributed by atoms with van der Waals surface area (Å²) in [5, 5.41) is 9.91. The van der Waals surface area contributed by atoms with E-state index in [2.05, 4.69) is 16.7 Å². The van der Waals surface area contributed by atoms with E-state index >= 15 is 0 Å². The Morgan fingerprint density at radius 1 is 1.09 bits per heavy atom. The second-order valence-electron chi connectivity index (χ2n) is 5.29. The average molecular weight is 304 g/mol. The monoisotopic (exact) mass is 304 g/mol. The number of para-hydroxylation sites is 1. The van der Waals surface area contributed by atoms with Crippen molar-refractivity contribution in [2.75, 3.05) is 0 Å². The molecule has 4 nitrogen and oxygen atoms in total. The van der Waals surface area contributed by atoms with Gasteiger partial charge in [-0.2, -0.15) is 5.26 Å². The summed E-state index contributed by atoms with van der Waals surface area (Å²) in [6.07, 6.45) is 2.31. The van der Waals surface area contributed by atoms with Crippen LogP contribution in [0.1, 0.15) is 17.5 Å². The highest BCUT2D eigenvalue weighted by Crippen LogP contribution is 2.15. The van der Waals surface area contributed by atoms with E-state index in [4.69, 9.17) is 10.00 Å². The van der Waals surface area contributed by atoms with E-state index in [1.165, 1.54) is 5.39 Å². The van der Waals surface area contributed by atoms with Crippen LogP contribution in [0.3, 0.4) is 0 Å². The number of hydrogen-bond donors (Lipinski definition) is 0. The Hall–Kier alpha value is -3.06. The van der Waals surface area contributed by atoms with Crippen molar-refractivity contribution in [3.05, 3.63) is 71.9 Å². The Kier molecular flexibility index (Phi) is 4.39. The maximum atomic E-state index is 11.9. The highest BCUT2D eigenvalue weighted by atomic mass is 16.5. The number of benzene rings is 2.